The van der Waals surface area contributed by atoms with Gasteiger partial charge in [-0.15, -0.1) is 0 Å². The van der Waals surface area contributed by atoms with Crippen molar-refractivity contribution in [2.75, 3.05) is 33.0 Å². The summed E-state index contributed by atoms with van der Waals surface area (Å²) in [6, 6.07) is 0. The molecule has 0 atom stereocenters. The fraction of sp³-hybridized carbons (Fsp3) is 0.952. The summed E-state index contributed by atoms with van der Waals surface area (Å²) in [6.45, 7) is 3.71. The third-order valence-electron chi connectivity index (χ3n) is 4.56. The molecule has 0 radical (unpaired) electrons. The first-order chi connectivity index (χ1) is 12.7. The van der Waals surface area contributed by atoms with Crippen molar-refractivity contribution >= 4 is 5.97 Å². The van der Waals surface area contributed by atoms with Gasteiger partial charge in [-0.05, 0) is 19.3 Å². The Labute approximate surface area is 160 Å². The average Bonchev–Trinajstić information content (AvgIpc) is 2.65. The van der Waals surface area contributed by atoms with Crippen molar-refractivity contribution in [2.45, 2.75) is 90.4 Å². The first-order valence-corrected chi connectivity index (χ1v) is 10.7. The Morgan fingerprint density at radius 1 is 0.769 bits per heavy atom. The lowest BCUT2D eigenvalue weighted by Gasteiger charge is -2.11. The van der Waals surface area contributed by atoms with Crippen molar-refractivity contribution in [3.8, 4) is 0 Å². The van der Waals surface area contributed by atoms with Crippen LogP contribution in [-0.2, 0) is 14.3 Å². The van der Waals surface area contributed by atoms with E-state index in [9.17, 15) is 4.79 Å². The smallest absolute Gasteiger partial charge is 0.305 e. The first-order valence-electron chi connectivity index (χ1n) is 10.7. The molecule has 0 amide bonds. The predicted molar refractivity (Wildman–Crippen MR) is 105 cm³/mol. The van der Waals surface area contributed by atoms with Crippen LogP contribution in [0.25, 0.3) is 0 Å². The van der Waals surface area contributed by atoms with E-state index in [4.69, 9.17) is 19.7 Å². The normalized spacial score (nSPS) is 11.2. The van der Waals surface area contributed by atoms with Gasteiger partial charge in [0.05, 0.1) is 19.8 Å². The minimum atomic E-state index is -0.364. The van der Waals surface area contributed by atoms with E-state index >= 15 is 0 Å². The molecule has 5 nitrogen and oxygen atoms in total. The standard InChI is InChI=1S/C21H42O5/c1-2-3-4-5-6-7-9-12-15-25-16-13-10-8-11-14-21(24)26-19-20(17-22)18-23/h20,22-23H,2-19H2,1H3. The number of hydrogen-bond acceptors (Lipinski definition) is 5. The molecule has 0 saturated carbocycles. The molecule has 0 aliphatic heterocycles. The number of hydrogen-bond donors (Lipinski definition) is 2. The highest BCUT2D eigenvalue weighted by Gasteiger charge is 2.09. The van der Waals surface area contributed by atoms with Gasteiger partial charge >= 0.3 is 5.97 Å². The van der Waals surface area contributed by atoms with Crippen molar-refractivity contribution in [3.05, 3.63) is 0 Å². The lowest BCUT2D eigenvalue weighted by molar-refractivity contribution is -0.146. The number of rotatable bonds is 20. The van der Waals surface area contributed by atoms with E-state index in [1.807, 2.05) is 0 Å². The monoisotopic (exact) mass is 374 g/mol. The molecular weight excluding hydrogens is 332 g/mol. The maximum Gasteiger partial charge on any atom is 0.305 e. The van der Waals surface area contributed by atoms with Gasteiger partial charge < -0.3 is 19.7 Å². The Kier molecular flexibility index (Phi) is 20.1. The van der Waals surface area contributed by atoms with E-state index < -0.39 is 0 Å². The summed E-state index contributed by atoms with van der Waals surface area (Å²) in [5.41, 5.74) is 0. The molecule has 0 spiro atoms. The topological polar surface area (TPSA) is 76.0 Å². The van der Waals surface area contributed by atoms with E-state index in [2.05, 4.69) is 6.92 Å². The van der Waals surface area contributed by atoms with Crippen LogP contribution in [0.1, 0.15) is 90.4 Å². The summed E-state index contributed by atoms with van der Waals surface area (Å²) in [5, 5.41) is 17.8. The van der Waals surface area contributed by atoms with E-state index in [0.717, 1.165) is 38.9 Å². The van der Waals surface area contributed by atoms with Crippen LogP contribution >= 0.6 is 0 Å². The van der Waals surface area contributed by atoms with Gasteiger partial charge in [-0.25, -0.2) is 0 Å². The summed E-state index contributed by atoms with van der Waals surface area (Å²) < 4.78 is 10.7. The molecular formula is C21H42O5. The Bertz CT molecular complexity index is 292. The van der Waals surface area contributed by atoms with Gasteiger partial charge in [0.1, 0.15) is 0 Å². The number of unbranched alkanes of at least 4 members (excludes halogenated alkanes) is 10. The molecule has 0 saturated heterocycles. The van der Waals surface area contributed by atoms with Crippen LogP contribution in [0.15, 0.2) is 0 Å². The van der Waals surface area contributed by atoms with E-state index in [-0.39, 0.29) is 31.7 Å². The Balaban J connectivity index is 3.18. The maximum atomic E-state index is 11.5. The number of carbonyl (C=O) groups is 1. The fourth-order valence-corrected chi connectivity index (χ4v) is 2.71. The second-order valence-electron chi connectivity index (χ2n) is 7.17. The molecule has 0 aromatic heterocycles. The average molecular weight is 375 g/mol. The number of ether oxygens (including phenoxy) is 2. The highest BCUT2D eigenvalue weighted by Crippen LogP contribution is 2.09. The van der Waals surface area contributed by atoms with Crippen molar-refractivity contribution in [1.82, 2.24) is 0 Å². The molecule has 0 aromatic rings. The molecule has 0 fully saturated rings. The van der Waals surface area contributed by atoms with Crippen LogP contribution in [0.4, 0.5) is 0 Å². The van der Waals surface area contributed by atoms with E-state index in [1.54, 1.807) is 0 Å². The highest BCUT2D eigenvalue weighted by molar-refractivity contribution is 5.69. The van der Waals surface area contributed by atoms with Crippen molar-refractivity contribution < 1.29 is 24.5 Å². The molecule has 5 heteroatoms. The zero-order valence-corrected chi connectivity index (χ0v) is 16.9. The third kappa shape index (κ3) is 18.2. The molecule has 0 rings (SSSR count). The molecule has 0 unspecified atom stereocenters. The minimum absolute atomic E-state index is 0.0956. The zero-order valence-electron chi connectivity index (χ0n) is 16.9. The summed E-state index contributed by atoms with van der Waals surface area (Å²) in [6.07, 6.45) is 14.9. The number of aliphatic hydroxyl groups is 2. The molecule has 2 N–H and O–H groups in total. The fourth-order valence-electron chi connectivity index (χ4n) is 2.71. The van der Waals surface area contributed by atoms with E-state index in [1.165, 1.54) is 51.4 Å². The predicted octanol–water partition coefficient (Wildman–Crippen LogP) is 4.24. The Morgan fingerprint density at radius 2 is 1.27 bits per heavy atom. The first kappa shape index (κ1) is 25.4. The molecule has 0 heterocycles. The van der Waals surface area contributed by atoms with Gasteiger partial charge in [-0.2, -0.15) is 0 Å². The summed E-state index contributed by atoms with van der Waals surface area (Å²) in [7, 11) is 0. The molecule has 0 aromatic carbocycles. The lowest BCUT2D eigenvalue weighted by atomic mass is 10.1. The van der Waals surface area contributed by atoms with Gasteiger partial charge in [0.25, 0.3) is 0 Å². The van der Waals surface area contributed by atoms with Gasteiger partial charge in [-0.1, -0.05) is 64.7 Å². The van der Waals surface area contributed by atoms with Gasteiger partial charge in [0.15, 0.2) is 0 Å². The van der Waals surface area contributed by atoms with Crippen LogP contribution in [0, 0.1) is 5.92 Å². The number of carbonyl (C=O) groups excluding carboxylic acids is 1. The molecule has 26 heavy (non-hydrogen) atoms. The van der Waals surface area contributed by atoms with Gasteiger partial charge in [0.2, 0.25) is 0 Å². The summed E-state index contributed by atoms with van der Waals surface area (Å²) in [5.74, 6) is -0.611. The van der Waals surface area contributed by atoms with Crippen LogP contribution in [-0.4, -0.2) is 49.2 Å². The van der Waals surface area contributed by atoms with Crippen LogP contribution in [0.3, 0.4) is 0 Å². The zero-order chi connectivity index (χ0) is 19.3. The van der Waals surface area contributed by atoms with E-state index in [0.29, 0.717) is 6.42 Å². The Morgan fingerprint density at radius 3 is 1.81 bits per heavy atom. The van der Waals surface area contributed by atoms with Crippen LogP contribution in [0.2, 0.25) is 0 Å². The Hall–Kier alpha value is -0.650. The maximum absolute atomic E-state index is 11.5. The quantitative estimate of drug-likeness (QED) is 0.246. The summed E-state index contributed by atoms with van der Waals surface area (Å²) in [4.78, 5) is 11.5. The minimum Gasteiger partial charge on any atom is -0.465 e. The van der Waals surface area contributed by atoms with Gasteiger partial charge in [0, 0.05) is 25.6 Å². The molecule has 0 aliphatic carbocycles. The number of esters is 1. The summed E-state index contributed by atoms with van der Waals surface area (Å²) >= 11 is 0. The highest BCUT2D eigenvalue weighted by atomic mass is 16.5. The van der Waals surface area contributed by atoms with Crippen molar-refractivity contribution in [2.24, 2.45) is 5.92 Å². The van der Waals surface area contributed by atoms with Crippen molar-refractivity contribution in [1.29, 1.82) is 0 Å². The van der Waals surface area contributed by atoms with Crippen LogP contribution < -0.4 is 0 Å². The van der Waals surface area contributed by atoms with Gasteiger partial charge in [-0.3, -0.25) is 4.79 Å². The second kappa shape index (κ2) is 20.7. The molecule has 0 aliphatic rings. The lowest BCUT2D eigenvalue weighted by Crippen LogP contribution is -2.20. The van der Waals surface area contributed by atoms with Crippen molar-refractivity contribution in [3.63, 3.8) is 0 Å². The molecule has 0 bridgehead atoms. The largest absolute Gasteiger partial charge is 0.465 e. The second-order valence-corrected chi connectivity index (χ2v) is 7.17. The molecule has 156 valence electrons. The third-order valence-corrected chi connectivity index (χ3v) is 4.56. The van der Waals surface area contributed by atoms with Crippen LogP contribution in [0.5, 0.6) is 0 Å². The SMILES string of the molecule is CCCCCCCCCCOCCCCCCC(=O)OCC(CO)CO. The number of aliphatic hydroxyl groups excluding tert-OH is 2.